The van der Waals surface area contributed by atoms with Gasteiger partial charge in [-0.1, -0.05) is 20.8 Å². The Hall–Kier alpha value is -1.58. The average Bonchev–Trinajstić information content (AvgIpc) is 2.26. The lowest BCUT2D eigenvalue weighted by Gasteiger charge is -2.27. The molecule has 1 rings (SSSR count). The van der Waals surface area contributed by atoms with Gasteiger partial charge in [0.05, 0.1) is 12.7 Å². The van der Waals surface area contributed by atoms with Crippen molar-refractivity contribution >= 4 is 11.8 Å². The summed E-state index contributed by atoms with van der Waals surface area (Å²) in [4.78, 5) is 17.7. The van der Waals surface area contributed by atoms with Crippen LogP contribution < -0.4 is 4.90 Å². The predicted molar refractivity (Wildman–Crippen MR) is 68.3 cm³/mol. The molecule has 0 spiro atoms. The van der Waals surface area contributed by atoms with Crippen molar-refractivity contribution in [1.82, 2.24) is 4.98 Å². The van der Waals surface area contributed by atoms with Crippen molar-refractivity contribution in [3.8, 4) is 0 Å². The highest BCUT2D eigenvalue weighted by Gasteiger charge is 2.15. The summed E-state index contributed by atoms with van der Waals surface area (Å²) in [7, 11) is 3.34. The van der Waals surface area contributed by atoms with Crippen molar-refractivity contribution in [2.24, 2.45) is 5.41 Å². The van der Waals surface area contributed by atoms with Crippen LogP contribution in [0.4, 0.5) is 5.82 Å². The molecule has 1 aromatic rings. The van der Waals surface area contributed by atoms with E-state index in [1.165, 1.54) is 7.11 Å². The van der Waals surface area contributed by atoms with Crippen LogP contribution in [0.2, 0.25) is 0 Å². The minimum Gasteiger partial charge on any atom is -0.465 e. The lowest BCUT2D eigenvalue weighted by molar-refractivity contribution is 0.0600. The molecule has 0 aromatic carbocycles. The summed E-state index contributed by atoms with van der Waals surface area (Å²) in [6, 6.07) is 3.40. The van der Waals surface area contributed by atoms with Crippen LogP contribution in [0, 0.1) is 5.41 Å². The van der Waals surface area contributed by atoms with Crippen LogP contribution in [0.1, 0.15) is 31.1 Å². The molecule has 0 N–H and O–H groups in total. The number of rotatable bonds is 3. The lowest BCUT2D eigenvalue weighted by atomic mass is 9.96. The fraction of sp³-hybridized carbons (Fsp3) is 0.538. The number of hydrogen-bond acceptors (Lipinski definition) is 4. The van der Waals surface area contributed by atoms with E-state index >= 15 is 0 Å². The molecule has 0 aliphatic rings. The normalized spacial score (nSPS) is 11.1. The number of hydrogen-bond donors (Lipinski definition) is 0. The van der Waals surface area contributed by atoms with Gasteiger partial charge in [0.15, 0.2) is 0 Å². The fourth-order valence-corrected chi connectivity index (χ4v) is 1.66. The second kappa shape index (κ2) is 5.17. The van der Waals surface area contributed by atoms with Crippen molar-refractivity contribution in [2.75, 3.05) is 25.6 Å². The smallest absolute Gasteiger partial charge is 0.338 e. The molecular formula is C13H20N2O2. The topological polar surface area (TPSA) is 42.4 Å². The Bertz CT molecular complexity index is 397. The quantitative estimate of drug-likeness (QED) is 0.755. The van der Waals surface area contributed by atoms with Crippen LogP contribution in [0.15, 0.2) is 18.3 Å². The first kappa shape index (κ1) is 13.5. The van der Waals surface area contributed by atoms with Gasteiger partial charge in [0, 0.05) is 19.8 Å². The summed E-state index contributed by atoms with van der Waals surface area (Å²) in [6.07, 6.45) is 1.63. The Morgan fingerprint density at radius 3 is 2.65 bits per heavy atom. The third-order valence-electron chi connectivity index (χ3n) is 2.27. The highest BCUT2D eigenvalue weighted by atomic mass is 16.5. The molecule has 0 amide bonds. The van der Waals surface area contributed by atoms with Gasteiger partial charge in [-0.15, -0.1) is 0 Å². The molecule has 0 bridgehead atoms. The van der Waals surface area contributed by atoms with Gasteiger partial charge in [-0.25, -0.2) is 9.78 Å². The van der Waals surface area contributed by atoms with Gasteiger partial charge in [-0.2, -0.15) is 0 Å². The van der Waals surface area contributed by atoms with Crippen molar-refractivity contribution in [3.63, 3.8) is 0 Å². The zero-order valence-electron chi connectivity index (χ0n) is 11.2. The van der Waals surface area contributed by atoms with E-state index in [4.69, 9.17) is 0 Å². The number of pyridine rings is 1. The maximum absolute atomic E-state index is 11.4. The molecular weight excluding hydrogens is 216 g/mol. The molecule has 0 radical (unpaired) electrons. The van der Waals surface area contributed by atoms with E-state index in [0.29, 0.717) is 5.56 Å². The molecule has 0 saturated carbocycles. The number of esters is 1. The molecule has 0 atom stereocenters. The standard InChI is InChI=1S/C13H20N2O2/c1-13(2,3)9-15(4)11-8-10(6-7-14-11)12(16)17-5/h6-8H,9H2,1-5H3. The number of carbonyl (C=O) groups excluding carboxylic acids is 1. The van der Waals surface area contributed by atoms with Crippen LogP contribution in [0.3, 0.4) is 0 Å². The fourth-order valence-electron chi connectivity index (χ4n) is 1.66. The van der Waals surface area contributed by atoms with Crippen molar-refractivity contribution in [3.05, 3.63) is 23.9 Å². The molecule has 94 valence electrons. The van der Waals surface area contributed by atoms with Gasteiger partial charge in [-0.3, -0.25) is 0 Å². The molecule has 0 aliphatic heterocycles. The molecule has 0 fully saturated rings. The number of aromatic nitrogens is 1. The summed E-state index contributed by atoms with van der Waals surface area (Å²) in [5, 5.41) is 0. The van der Waals surface area contributed by atoms with Crippen molar-refractivity contribution in [1.29, 1.82) is 0 Å². The Morgan fingerprint density at radius 1 is 1.47 bits per heavy atom. The van der Waals surface area contributed by atoms with E-state index in [-0.39, 0.29) is 11.4 Å². The second-order valence-corrected chi connectivity index (χ2v) is 5.31. The van der Waals surface area contributed by atoms with Crippen LogP contribution in [0.25, 0.3) is 0 Å². The van der Waals surface area contributed by atoms with Crippen molar-refractivity contribution in [2.45, 2.75) is 20.8 Å². The second-order valence-electron chi connectivity index (χ2n) is 5.31. The Labute approximate surface area is 103 Å². The Balaban J connectivity index is 2.88. The zero-order valence-corrected chi connectivity index (χ0v) is 11.2. The molecule has 4 heteroatoms. The van der Waals surface area contributed by atoms with Crippen LogP contribution in [-0.2, 0) is 4.74 Å². The van der Waals surface area contributed by atoms with E-state index in [1.807, 2.05) is 11.9 Å². The lowest BCUT2D eigenvalue weighted by Crippen LogP contribution is -2.29. The van der Waals surface area contributed by atoms with Crippen molar-refractivity contribution < 1.29 is 9.53 Å². The van der Waals surface area contributed by atoms with Gasteiger partial charge < -0.3 is 9.64 Å². The number of carbonyl (C=O) groups is 1. The number of methoxy groups -OCH3 is 1. The van der Waals surface area contributed by atoms with E-state index in [9.17, 15) is 4.79 Å². The minimum absolute atomic E-state index is 0.178. The van der Waals surface area contributed by atoms with E-state index < -0.39 is 0 Å². The summed E-state index contributed by atoms with van der Waals surface area (Å²) in [6.45, 7) is 7.35. The Kier molecular flexibility index (Phi) is 4.10. The third-order valence-corrected chi connectivity index (χ3v) is 2.27. The maximum Gasteiger partial charge on any atom is 0.338 e. The number of ether oxygens (including phenoxy) is 1. The largest absolute Gasteiger partial charge is 0.465 e. The first-order valence-corrected chi connectivity index (χ1v) is 5.59. The highest BCUT2D eigenvalue weighted by molar-refractivity contribution is 5.90. The monoisotopic (exact) mass is 236 g/mol. The van der Waals surface area contributed by atoms with Crippen LogP contribution >= 0.6 is 0 Å². The highest BCUT2D eigenvalue weighted by Crippen LogP contribution is 2.19. The van der Waals surface area contributed by atoms with Gasteiger partial charge in [0.1, 0.15) is 5.82 Å². The van der Waals surface area contributed by atoms with Gasteiger partial charge in [0.2, 0.25) is 0 Å². The Morgan fingerprint density at radius 2 is 2.12 bits per heavy atom. The minimum atomic E-state index is -0.335. The van der Waals surface area contributed by atoms with Crippen LogP contribution in [0.5, 0.6) is 0 Å². The summed E-state index contributed by atoms with van der Waals surface area (Å²) in [5.41, 5.74) is 0.704. The first-order chi connectivity index (χ1) is 7.83. The number of nitrogens with zero attached hydrogens (tertiary/aromatic N) is 2. The van der Waals surface area contributed by atoms with Gasteiger partial charge in [0.25, 0.3) is 0 Å². The average molecular weight is 236 g/mol. The van der Waals surface area contributed by atoms with E-state index in [1.54, 1.807) is 18.3 Å². The van der Waals surface area contributed by atoms with E-state index in [0.717, 1.165) is 12.4 Å². The third kappa shape index (κ3) is 4.06. The summed E-state index contributed by atoms with van der Waals surface area (Å²) in [5.74, 6) is 0.445. The van der Waals surface area contributed by atoms with Gasteiger partial charge >= 0.3 is 5.97 Å². The molecule has 4 nitrogen and oxygen atoms in total. The number of anilines is 1. The summed E-state index contributed by atoms with van der Waals surface area (Å²) < 4.78 is 4.69. The zero-order chi connectivity index (χ0) is 13.1. The van der Waals surface area contributed by atoms with Gasteiger partial charge in [-0.05, 0) is 17.5 Å². The first-order valence-electron chi connectivity index (χ1n) is 5.59. The van der Waals surface area contributed by atoms with Crippen LogP contribution in [-0.4, -0.2) is 31.7 Å². The molecule has 1 aromatic heterocycles. The predicted octanol–water partition coefficient (Wildman–Crippen LogP) is 2.35. The molecule has 0 unspecified atom stereocenters. The maximum atomic E-state index is 11.4. The SMILES string of the molecule is COC(=O)c1ccnc(N(C)CC(C)(C)C)c1. The summed E-state index contributed by atoms with van der Waals surface area (Å²) >= 11 is 0. The molecule has 1 heterocycles. The molecule has 0 aliphatic carbocycles. The molecule has 0 saturated heterocycles. The molecule has 17 heavy (non-hydrogen) atoms. The van der Waals surface area contributed by atoms with E-state index in [2.05, 4.69) is 30.5 Å².